The van der Waals surface area contributed by atoms with E-state index in [2.05, 4.69) is 0 Å². The number of allylic oxidation sites excluding steroid dienone is 1. The topological polar surface area (TPSA) is 39.4 Å². The van der Waals surface area contributed by atoms with Crippen molar-refractivity contribution in [3.8, 4) is 17.1 Å². The van der Waals surface area contributed by atoms with Gasteiger partial charge in [0.2, 0.25) is 5.78 Å². The van der Waals surface area contributed by atoms with Crippen LogP contribution in [0, 0.1) is 0 Å². The van der Waals surface area contributed by atoms with Crippen LogP contribution >= 0.6 is 23.4 Å². The molecule has 3 nitrogen and oxygen atoms in total. The second kappa shape index (κ2) is 6.47. The van der Waals surface area contributed by atoms with Gasteiger partial charge in [0.1, 0.15) is 17.3 Å². The van der Waals surface area contributed by atoms with Gasteiger partial charge in [0.05, 0.1) is 17.6 Å². The fraction of sp³-hybridized carbons (Fsp3) is 0.0500. The van der Waals surface area contributed by atoms with E-state index in [1.54, 1.807) is 31.4 Å². The number of carbonyl (C=O) groups excluding carboxylic acids is 1. The van der Waals surface area contributed by atoms with Gasteiger partial charge in [0, 0.05) is 15.5 Å². The van der Waals surface area contributed by atoms with Gasteiger partial charge in [-0.3, -0.25) is 4.79 Å². The molecule has 0 bridgehead atoms. The first kappa shape index (κ1) is 16.1. The van der Waals surface area contributed by atoms with Crippen LogP contribution in [-0.2, 0) is 0 Å². The number of furan rings is 1. The summed E-state index contributed by atoms with van der Waals surface area (Å²) in [6, 6.07) is 16.6. The van der Waals surface area contributed by atoms with Crippen molar-refractivity contribution in [2.75, 3.05) is 7.11 Å². The van der Waals surface area contributed by atoms with Crippen LogP contribution in [0.1, 0.15) is 16.1 Å². The third-order valence-corrected chi connectivity index (χ3v) is 5.24. The number of methoxy groups -OCH3 is 1. The molecule has 5 heteroatoms. The minimum Gasteiger partial charge on any atom is -0.496 e. The molecular formula is C20H13ClO3S. The zero-order valence-electron chi connectivity index (χ0n) is 13.3. The number of halogens is 1. The highest BCUT2D eigenvalue weighted by Gasteiger charge is 2.25. The Balaban J connectivity index is 1.68. The molecule has 124 valence electrons. The fourth-order valence-electron chi connectivity index (χ4n) is 2.71. The van der Waals surface area contributed by atoms with Gasteiger partial charge in [0.15, 0.2) is 0 Å². The van der Waals surface area contributed by atoms with Crippen molar-refractivity contribution in [2.45, 2.75) is 4.90 Å². The van der Waals surface area contributed by atoms with E-state index >= 15 is 0 Å². The molecule has 4 rings (SSSR count). The molecule has 0 spiro atoms. The lowest BCUT2D eigenvalue weighted by molar-refractivity contribution is 0.104. The van der Waals surface area contributed by atoms with E-state index < -0.39 is 0 Å². The molecule has 0 saturated carbocycles. The Morgan fingerprint density at radius 1 is 1.08 bits per heavy atom. The molecular weight excluding hydrogens is 356 g/mol. The van der Waals surface area contributed by atoms with Crippen LogP contribution in [0.5, 0.6) is 5.75 Å². The monoisotopic (exact) mass is 368 g/mol. The van der Waals surface area contributed by atoms with E-state index in [-0.39, 0.29) is 5.78 Å². The van der Waals surface area contributed by atoms with E-state index in [9.17, 15) is 4.79 Å². The predicted molar refractivity (Wildman–Crippen MR) is 100 cm³/mol. The number of ether oxygens (including phenoxy) is 1. The summed E-state index contributed by atoms with van der Waals surface area (Å²) in [4.78, 5) is 14.1. The molecule has 3 aromatic rings. The quantitative estimate of drug-likeness (QED) is 0.536. The number of benzene rings is 2. The first-order chi connectivity index (χ1) is 12.2. The third-order valence-electron chi connectivity index (χ3n) is 3.90. The summed E-state index contributed by atoms with van der Waals surface area (Å²) in [6.07, 6.45) is 1.77. The number of hydrogen-bond acceptors (Lipinski definition) is 4. The summed E-state index contributed by atoms with van der Waals surface area (Å²) < 4.78 is 11.3. The molecule has 0 N–H and O–H groups in total. The Morgan fingerprint density at radius 3 is 2.72 bits per heavy atom. The van der Waals surface area contributed by atoms with Gasteiger partial charge in [-0.05, 0) is 48.5 Å². The Hall–Kier alpha value is -2.43. The van der Waals surface area contributed by atoms with E-state index in [1.807, 2.05) is 36.4 Å². The number of thioether (sulfide) groups is 1. The molecule has 2 aromatic carbocycles. The Bertz CT molecular complexity index is 1000. The van der Waals surface area contributed by atoms with Crippen LogP contribution in [-0.4, -0.2) is 12.9 Å². The summed E-state index contributed by atoms with van der Waals surface area (Å²) in [5.74, 6) is 1.95. The van der Waals surface area contributed by atoms with Gasteiger partial charge in [0.25, 0.3) is 0 Å². The van der Waals surface area contributed by atoms with Crippen molar-refractivity contribution in [1.82, 2.24) is 0 Å². The van der Waals surface area contributed by atoms with Gasteiger partial charge < -0.3 is 9.15 Å². The zero-order valence-corrected chi connectivity index (χ0v) is 14.9. The van der Waals surface area contributed by atoms with Crippen molar-refractivity contribution in [3.05, 3.63) is 75.8 Å². The maximum Gasteiger partial charge on any atom is 0.200 e. The Labute approximate surface area is 154 Å². The zero-order chi connectivity index (χ0) is 17.4. The molecule has 0 unspecified atom stereocenters. The smallest absolute Gasteiger partial charge is 0.200 e. The van der Waals surface area contributed by atoms with Crippen LogP contribution in [0.4, 0.5) is 0 Å². The SMILES string of the molecule is COc1ccc(Cl)cc1-c1ccc(C=C2Sc3ccccc3C2=O)o1. The highest BCUT2D eigenvalue weighted by molar-refractivity contribution is 8.04. The van der Waals surface area contributed by atoms with Crippen molar-refractivity contribution >= 4 is 35.2 Å². The molecule has 1 aliphatic heterocycles. The van der Waals surface area contributed by atoms with Gasteiger partial charge in [-0.25, -0.2) is 0 Å². The van der Waals surface area contributed by atoms with E-state index in [1.165, 1.54) is 11.8 Å². The number of Topliss-reactive ketones (excluding diaryl/α,β-unsaturated/α-hetero) is 1. The van der Waals surface area contributed by atoms with E-state index in [0.29, 0.717) is 27.2 Å². The van der Waals surface area contributed by atoms with Crippen LogP contribution in [0.3, 0.4) is 0 Å². The van der Waals surface area contributed by atoms with Gasteiger partial charge in [-0.15, -0.1) is 0 Å². The van der Waals surface area contributed by atoms with Crippen molar-refractivity contribution < 1.29 is 13.9 Å². The highest BCUT2D eigenvalue weighted by atomic mass is 35.5. The lowest BCUT2D eigenvalue weighted by atomic mass is 10.1. The van der Waals surface area contributed by atoms with Gasteiger partial charge in [-0.1, -0.05) is 35.5 Å². The first-order valence-electron chi connectivity index (χ1n) is 7.63. The normalized spacial score (nSPS) is 14.8. The number of carbonyl (C=O) groups is 1. The molecule has 0 amide bonds. The van der Waals surface area contributed by atoms with Gasteiger partial charge >= 0.3 is 0 Å². The van der Waals surface area contributed by atoms with Crippen molar-refractivity contribution in [3.63, 3.8) is 0 Å². The molecule has 2 heterocycles. The average molecular weight is 369 g/mol. The summed E-state index contributed by atoms with van der Waals surface area (Å²) >= 11 is 7.54. The van der Waals surface area contributed by atoms with Crippen molar-refractivity contribution in [1.29, 1.82) is 0 Å². The maximum atomic E-state index is 12.5. The Morgan fingerprint density at radius 2 is 1.92 bits per heavy atom. The fourth-order valence-corrected chi connectivity index (χ4v) is 3.92. The predicted octanol–water partition coefficient (Wildman–Crippen LogP) is 5.94. The molecule has 0 fully saturated rings. The van der Waals surface area contributed by atoms with Crippen molar-refractivity contribution in [2.24, 2.45) is 0 Å². The number of rotatable bonds is 3. The lowest BCUT2D eigenvalue weighted by Gasteiger charge is -2.06. The third kappa shape index (κ3) is 2.99. The second-order valence-electron chi connectivity index (χ2n) is 5.48. The number of fused-ring (bicyclic) bond motifs is 1. The molecule has 25 heavy (non-hydrogen) atoms. The minimum atomic E-state index is 0.0267. The van der Waals surface area contributed by atoms with Crippen LogP contribution < -0.4 is 4.74 Å². The largest absolute Gasteiger partial charge is 0.496 e. The Kier molecular flexibility index (Phi) is 4.15. The highest BCUT2D eigenvalue weighted by Crippen LogP contribution is 2.41. The van der Waals surface area contributed by atoms with E-state index in [4.69, 9.17) is 20.8 Å². The lowest BCUT2D eigenvalue weighted by Crippen LogP contribution is -1.93. The molecule has 1 aliphatic rings. The average Bonchev–Trinajstić information content (AvgIpc) is 3.21. The summed E-state index contributed by atoms with van der Waals surface area (Å²) in [5.41, 5.74) is 1.51. The molecule has 1 aromatic heterocycles. The number of ketones is 1. The van der Waals surface area contributed by atoms with E-state index in [0.717, 1.165) is 16.0 Å². The number of hydrogen-bond donors (Lipinski definition) is 0. The summed E-state index contributed by atoms with van der Waals surface area (Å²) in [5, 5.41) is 0.601. The standard InChI is InChI=1S/C20H13ClO3S/c1-23-16-8-6-12(21)10-15(16)17-9-7-13(24-17)11-19-20(22)14-4-2-3-5-18(14)25-19/h2-11H,1H3. The van der Waals surface area contributed by atoms with Crippen LogP contribution in [0.15, 0.2) is 68.8 Å². The summed E-state index contributed by atoms with van der Waals surface area (Å²) in [6.45, 7) is 0. The molecule has 0 saturated heterocycles. The van der Waals surface area contributed by atoms with Crippen LogP contribution in [0.2, 0.25) is 5.02 Å². The maximum absolute atomic E-state index is 12.5. The molecule has 0 aliphatic carbocycles. The summed E-state index contributed by atoms with van der Waals surface area (Å²) in [7, 11) is 1.60. The molecule has 0 radical (unpaired) electrons. The minimum absolute atomic E-state index is 0.0267. The van der Waals surface area contributed by atoms with Crippen LogP contribution in [0.25, 0.3) is 17.4 Å². The molecule has 0 atom stereocenters. The second-order valence-corrected chi connectivity index (χ2v) is 7.00. The van der Waals surface area contributed by atoms with Gasteiger partial charge in [-0.2, -0.15) is 0 Å². The first-order valence-corrected chi connectivity index (χ1v) is 8.82.